The predicted molar refractivity (Wildman–Crippen MR) is 124 cm³/mol. The second-order valence-electron chi connectivity index (χ2n) is 7.64. The van der Waals surface area contributed by atoms with Crippen molar-refractivity contribution >= 4 is 30.2 Å². The van der Waals surface area contributed by atoms with Crippen LogP contribution in [0.1, 0.15) is 70.8 Å². The number of rotatable bonds is 15. The third-order valence-electron chi connectivity index (χ3n) is 4.97. The van der Waals surface area contributed by atoms with E-state index in [0.29, 0.717) is 19.4 Å². The summed E-state index contributed by atoms with van der Waals surface area (Å²) in [4.78, 5) is 38.1. The Labute approximate surface area is 192 Å². The maximum absolute atomic E-state index is 12.9. The first-order valence-electron chi connectivity index (χ1n) is 10.9. The molecule has 8 heteroatoms. The highest BCUT2D eigenvalue weighted by Crippen LogP contribution is 2.16. The van der Waals surface area contributed by atoms with Crippen LogP contribution in [-0.4, -0.2) is 41.3 Å². The molecule has 0 radical (unpaired) electrons. The van der Waals surface area contributed by atoms with Crippen molar-refractivity contribution in [3.05, 3.63) is 35.9 Å². The zero-order valence-corrected chi connectivity index (χ0v) is 19.6. The van der Waals surface area contributed by atoms with E-state index in [0.717, 1.165) is 31.2 Å². The molecule has 0 aliphatic heterocycles. The molecule has 1 aromatic carbocycles. The molecule has 176 valence electrons. The Hall–Kier alpha value is -2.12. The number of ether oxygens (including phenoxy) is 1. The average Bonchev–Trinajstić information content (AvgIpc) is 2.73. The zero-order chi connectivity index (χ0) is 22.4. The van der Waals surface area contributed by atoms with Crippen LogP contribution in [0.15, 0.2) is 30.3 Å². The number of carbonyl (C=O) groups excluding carboxylic acids is 3. The molecule has 0 heterocycles. The number of hydrogen-bond donors (Lipinski definition) is 2. The van der Waals surface area contributed by atoms with Gasteiger partial charge in [0, 0.05) is 25.4 Å². The summed E-state index contributed by atoms with van der Waals surface area (Å²) in [6, 6.07) is 8.54. The van der Waals surface area contributed by atoms with Gasteiger partial charge in [-0.05, 0) is 31.2 Å². The fraction of sp³-hybridized carbons (Fsp3) is 0.609. The lowest BCUT2D eigenvalue weighted by Crippen LogP contribution is -2.50. The summed E-state index contributed by atoms with van der Waals surface area (Å²) in [5.41, 5.74) is 12.5. The van der Waals surface area contributed by atoms with E-state index in [-0.39, 0.29) is 49.8 Å². The number of primary amides is 1. The summed E-state index contributed by atoms with van der Waals surface area (Å²) in [6.07, 6.45) is 4.59. The van der Waals surface area contributed by atoms with E-state index < -0.39 is 11.9 Å². The number of unbranched alkanes of at least 4 members (excludes halogenated alkanes) is 1. The van der Waals surface area contributed by atoms with Crippen molar-refractivity contribution in [2.45, 2.75) is 83.9 Å². The van der Waals surface area contributed by atoms with Gasteiger partial charge in [-0.3, -0.25) is 14.4 Å². The van der Waals surface area contributed by atoms with Crippen LogP contribution in [-0.2, 0) is 25.7 Å². The van der Waals surface area contributed by atoms with Gasteiger partial charge in [0.05, 0.1) is 6.04 Å². The molecule has 0 aromatic heterocycles. The van der Waals surface area contributed by atoms with Gasteiger partial charge in [-0.25, -0.2) is 0 Å². The highest BCUT2D eigenvalue weighted by atomic mass is 35.5. The van der Waals surface area contributed by atoms with Gasteiger partial charge in [-0.1, -0.05) is 57.0 Å². The highest BCUT2D eigenvalue weighted by molar-refractivity contribution is 5.85. The molecule has 2 amide bonds. The Morgan fingerprint density at radius 1 is 1.03 bits per heavy atom. The quantitative estimate of drug-likeness (QED) is 0.393. The van der Waals surface area contributed by atoms with Crippen LogP contribution in [0.5, 0.6) is 0 Å². The van der Waals surface area contributed by atoms with Crippen molar-refractivity contribution in [2.24, 2.45) is 11.5 Å². The predicted octanol–water partition coefficient (Wildman–Crippen LogP) is 3.32. The van der Waals surface area contributed by atoms with Crippen LogP contribution in [0.25, 0.3) is 0 Å². The minimum atomic E-state index is -0.713. The number of nitrogens with zero attached hydrogens (tertiary/aromatic N) is 1. The molecule has 0 saturated heterocycles. The standard InChI is InChI=1S/C23H37N3O4.ClH/c1-3-5-12-19(16-21(25)27)26(15-4-2)23(29)20(24)13-9-14-22(28)30-17-18-10-7-6-8-11-18;/h6-8,10-11,19-20H,3-5,9,12-17,24H2,1-2H3,(H2,25,27);1H/t19-,20-;/m0./s1. The SMILES string of the molecule is CCCC[C@@H](CC(N)=O)N(CCC)C(=O)[C@@H](N)CCCC(=O)OCc1ccccc1.Cl. The normalized spacial score (nSPS) is 12.4. The number of hydrogen-bond acceptors (Lipinski definition) is 5. The van der Waals surface area contributed by atoms with E-state index in [4.69, 9.17) is 16.2 Å². The first kappa shape index (κ1) is 28.9. The van der Waals surface area contributed by atoms with Crippen LogP contribution < -0.4 is 11.5 Å². The molecule has 0 spiro atoms. The van der Waals surface area contributed by atoms with Crippen LogP contribution >= 0.6 is 12.4 Å². The molecule has 0 saturated carbocycles. The van der Waals surface area contributed by atoms with Crippen LogP contribution in [0, 0.1) is 0 Å². The van der Waals surface area contributed by atoms with E-state index in [1.165, 1.54) is 0 Å². The summed E-state index contributed by atoms with van der Waals surface area (Å²) in [6.45, 7) is 4.82. The summed E-state index contributed by atoms with van der Waals surface area (Å²) < 4.78 is 5.26. The highest BCUT2D eigenvalue weighted by Gasteiger charge is 2.28. The van der Waals surface area contributed by atoms with Gasteiger partial charge in [0.1, 0.15) is 6.61 Å². The summed E-state index contributed by atoms with van der Waals surface area (Å²) in [5.74, 6) is -0.907. The minimum absolute atomic E-state index is 0. The number of benzene rings is 1. The Bertz CT molecular complexity index is 657. The molecule has 0 bridgehead atoms. The lowest BCUT2D eigenvalue weighted by Gasteiger charge is -2.33. The monoisotopic (exact) mass is 455 g/mol. The van der Waals surface area contributed by atoms with E-state index >= 15 is 0 Å². The Kier molecular flexibility index (Phi) is 15.4. The first-order valence-corrected chi connectivity index (χ1v) is 10.9. The molecular formula is C23H38ClN3O4. The molecule has 1 rings (SSSR count). The molecule has 2 atom stereocenters. The van der Waals surface area contributed by atoms with Crippen molar-refractivity contribution in [3.63, 3.8) is 0 Å². The number of amides is 2. The molecule has 31 heavy (non-hydrogen) atoms. The molecule has 1 aromatic rings. The maximum atomic E-state index is 12.9. The smallest absolute Gasteiger partial charge is 0.306 e. The Morgan fingerprint density at radius 3 is 2.29 bits per heavy atom. The van der Waals surface area contributed by atoms with E-state index in [1.54, 1.807) is 4.90 Å². The molecule has 4 N–H and O–H groups in total. The summed E-state index contributed by atoms with van der Waals surface area (Å²) in [5, 5.41) is 0. The third-order valence-corrected chi connectivity index (χ3v) is 4.97. The van der Waals surface area contributed by atoms with Gasteiger partial charge in [-0.2, -0.15) is 0 Å². The Balaban J connectivity index is 0.00000900. The molecule has 0 aliphatic carbocycles. The maximum Gasteiger partial charge on any atom is 0.306 e. The number of carbonyl (C=O) groups is 3. The van der Waals surface area contributed by atoms with Gasteiger partial charge in [-0.15, -0.1) is 12.4 Å². The second kappa shape index (κ2) is 16.6. The second-order valence-corrected chi connectivity index (χ2v) is 7.64. The number of halogens is 1. The first-order chi connectivity index (χ1) is 14.4. The van der Waals surface area contributed by atoms with Crippen molar-refractivity contribution in [1.29, 1.82) is 0 Å². The molecule has 0 aliphatic rings. The largest absolute Gasteiger partial charge is 0.461 e. The Morgan fingerprint density at radius 2 is 1.71 bits per heavy atom. The lowest BCUT2D eigenvalue weighted by atomic mass is 10.0. The lowest BCUT2D eigenvalue weighted by molar-refractivity contribution is -0.145. The van der Waals surface area contributed by atoms with Gasteiger partial charge >= 0.3 is 5.97 Å². The van der Waals surface area contributed by atoms with E-state index in [2.05, 4.69) is 6.92 Å². The fourth-order valence-electron chi connectivity index (χ4n) is 3.37. The molecular weight excluding hydrogens is 418 g/mol. The van der Waals surface area contributed by atoms with E-state index in [9.17, 15) is 14.4 Å². The summed E-state index contributed by atoms with van der Waals surface area (Å²) in [7, 11) is 0. The third kappa shape index (κ3) is 11.7. The van der Waals surface area contributed by atoms with Gasteiger partial charge < -0.3 is 21.1 Å². The van der Waals surface area contributed by atoms with Gasteiger partial charge in [0.15, 0.2) is 0 Å². The van der Waals surface area contributed by atoms with Crippen molar-refractivity contribution in [3.8, 4) is 0 Å². The molecule has 0 unspecified atom stereocenters. The van der Waals surface area contributed by atoms with Crippen LogP contribution in [0.3, 0.4) is 0 Å². The number of esters is 1. The molecule has 7 nitrogen and oxygen atoms in total. The number of nitrogens with two attached hydrogens (primary N) is 2. The summed E-state index contributed by atoms with van der Waals surface area (Å²) >= 11 is 0. The van der Waals surface area contributed by atoms with Crippen LogP contribution in [0.4, 0.5) is 0 Å². The van der Waals surface area contributed by atoms with E-state index in [1.807, 2.05) is 37.3 Å². The van der Waals surface area contributed by atoms with Crippen molar-refractivity contribution < 1.29 is 19.1 Å². The van der Waals surface area contributed by atoms with Gasteiger partial charge in [0.2, 0.25) is 11.8 Å². The van der Waals surface area contributed by atoms with Gasteiger partial charge in [0.25, 0.3) is 0 Å². The van der Waals surface area contributed by atoms with Crippen LogP contribution in [0.2, 0.25) is 0 Å². The topological polar surface area (TPSA) is 116 Å². The average molecular weight is 456 g/mol. The minimum Gasteiger partial charge on any atom is -0.461 e. The van der Waals surface area contributed by atoms with Crippen molar-refractivity contribution in [1.82, 2.24) is 4.90 Å². The molecule has 0 fully saturated rings. The zero-order valence-electron chi connectivity index (χ0n) is 18.8. The fourth-order valence-corrected chi connectivity index (χ4v) is 3.37. The van der Waals surface area contributed by atoms with Crippen molar-refractivity contribution in [2.75, 3.05) is 6.54 Å².